The third-order valence-electron chi connectivity index (χ3n) is 2.10. The van der Waals surface area contributed by atoms with E-state index in [1.165, 1.54) is 0 Å². The van der Waals surface area contributed by atoms with Crippen molar-refractivity contribution in [3.63, 3.8) is 0 Å². The molecule has 17 heavy (non-hydrogen) atoms. The zero-order valence-corrected chi connectivity index (χ0v) is 10.2. The van der Waals surface area contributed by atoms with Gasteiger partial charge in [-0.15, -0.1) is 0 Å². The van der Waals surface area contributed by atoms with Crippen LogP contribution in [0.25, 0.3) is 0 Å². The third-order valence-corrected chi connectivity index (χ3v) is 3.73. The maximum atomic E-state index is 11.3. The Labute approximate surface area is 101 Å². The van der Waals surface area contributed by atoms with Crippen LogP contribution in [0.15, 0.2) is 30.3 Å². The highest BCUT2D eigenvalue weighted by molar-refractivity contribution is 7.92. The highest BCUT2D eigenvalue weighted by atomic mass is 32.2. The Morgan fingerprint density at radius 1 is 1.24 bits per heavy atom. The lowest BCUT2D eigenvalue weighted by molar-refractivity contribution is -0.115. The van der Waals surface area contributed by atoms with Crippen LogP contribution in [0.4, 0.5) is 5.69 Å². The van der Waals surface area contributed by atoms with E-state index in [-0.39, 0.29) is 5.75 Å². The van der Waals surface area contributed by atoms with Crippen molar-refractivity contribution >= 4 is 21.4 Å². The van der Waals surface area contributed by atoms with Crippen LogP contribution in [0.3, 0.4) is 0 Å². The first kappa shape index (κ1) is 13.5. The number of carbonyl (C=O) groups is 1. The second kappa shape index (κ2) is 6.24. The number of rotatable bonds is 7. The quantitative estimate of drug-likeness (QED) is 0.691. The average molecular weight is 256 g/mol. The number of nitrogens with one attached hydrogen (secondary N) is 1. The topological polar surface area (TPSA) is 89.3 Å². The standard InChI is InChI=1S/C11H16N2O3S/c12-11(14)9-17(15,16)8-4-7-13-10-5-2-1-3-6-10/h1-3,5-6,13H,4,7-9H2,(H2,12,14). The number of sulfone groups is 1. The minimum Gasteiger partial charge on any atom is -0.385 e. The van der Waals surface area contributed by atoms with Crippen molar-refractivity contribution in [2.75, 3.05) is 23.4 Å². The number of primary amides is 1. The van der Waals surface area contributed by atoms with E-state index in [0.717, 1.165) is 5.69 Å². The van der Waals surface area contributed by atoms with E-state index >= 15 is 0 Å². The normalized spacial score (nSPS) is 11.1. The van der Waals surface area contributed by atoms with E-state index in [1.807, 2.05) is 30.3 Å². The van der Waals surface area contributed by atoms with Crippen LogP contribution >= 0.6 is 0 Å². The van der Waals surface area contributed by atoms with Gasteiger partial charge in [-0.1, -0.05) is 18.2 Å². The lowest BCUT2D eigenvalue weighted by Gasteiger charge is -2.06. The van der Waals surface area contributed by atoms with Crippen LogP contribution in [0, 0.1) is 0 Å². The molecule has 5 nitrogen and oxygen atoms in total. The summed E-state index contributed by atoms with van der Waals surface area (Å²) in [5.41, 5.74) is 5.78. The van der Waals surface area contributed by atoms with Gasteiger partial charge in [0.1, 0.15) is 5.75 Å². The number of hydrogen-bond donors (Lipinski definition) is 2. The minimum absolute atomic E-state index is 0.0320. The van der Waals surface area contributed by atoms with Gasteiger partial charge in [0, 0.05) is 12.2 Å². The second-order valence-electron chi connectivity index (χ2n) is 3.70. The SMILES string of the molecule is NC(=O)CS(=O)(=O)CCCNc1ccccc1. The van der Waals surface area contributed by atoms with Crippen LogP contribution in [-0.4, -0.2) is 32.4 Å². The molecule has 0 saturated heterocycles. The molecule has 1 aromatic rings. The van der Waals surface area contributed by atoms with Gasteiger partial charge in [0.15, 0.2) is 9.84 Å². The number of amides is 1. The molecule has 94 valence electrons. The van der Waals surface area contributed by atoms with Crippen LogP contribution in [0.2, 0.25) is 0 Å². The van der Waals surface area contributed by atoms with Crippen molar-refractivity contribution < 1.29 is 13.2 Å². The first-order valence-corrected chi connectivity index (χ1v) is 7.09. The first-order chi connectivity index (χ1) is 7.99. The van der Waals surface area contributed by atoms with E-state index in [1.54, 1.807) is 0 Å². The molecule has 0 spiro atoms. The molecule has 1 aromatic carbocycles. The van der Waals surface area contributed by atoms with Gasteiger partial charge in [-0.05, 0) is 18.6 Å². The summed E-state index contributed by atoms with van der Waals surface area (Å²) in [6.45, 7) is 0.544. The van der Waals surface area contributed by atoms with E-state index in [0.29, 0.717) is 13.0 Å². The van der Waals surface area contributed by atoms with Gasteiger partial charge in [0.25, 0.3) is 0 Å². The van der Waals surface area contributed by atoms with E-state index in [4.69, 9.17) is 5.73 Å². The molecule has 0 fully saturated rings. The van der Waals surface area contributed by atoms with Gasteiger partial charge in [-0.3, -0.25) is 4.79 Å². The Kier molecular flexibility index (Phi) is 4.96. The Hall–Kier alpha value is -1.56. The monoisotopic (exact) mass is 256 g/mol. The molecule has 0 radical (unpaired) electrons. The van der Waals surface area contributed by atoms with Crippen LogP contribution < -0.4 is 11.1 Å². The Balaban J connectivity index is 2.27. The second-order valence-corrected chi connectivity index (χ2v) is 5.89. The largest absolute Gasteiger partial charge is 0.385 e. The van der Waals surface area contributed by atoms with E-state index in [2.05, 4.69) is 5.32 Å². The summed E-state index contributed by atoms with van der Waals surface area (Å²) in [6, 6.07) is 9.50. The molecule has 1 amide bonds. The molecule has 0 aliphatic heterocycles. The third kappa shape index (κ3) is 5.91. The molecular formula is C11H16N2O3S. The summed E-state index contributed by atoms with van der Waals surface area (Å²) < 4.78 is 22.6. The van der Waals surface area contributed by atoms with Gasteiger partial charge in [0.05, 0.1) is 5.75 Å². The van der Waals surface area contributed by atoms with Crippen molar-refractivity contribution in [2.24, 2.45) is 5.73 Å². The van der Waals surface area contributed by atoms with Crippen molar-refractivity contribution in [2.45, 2.75) is 6.42 Å². The Morgan fingerprint density at radius 2 is 1.88 bits per heavy atom. The zero-order chi connectivity index (χ0) is 12.7. The molecule has 6 heteroatoms. The Bertz CT molecular complexity index is 457. The molecule has 0 heterocycles. The molecule has 0 bridgehead atoms. The molecule has 0 aliphatic carbocycles. The molecule has 0 aromatic heterocycles. The Morgan fingerprint density at radius 3 is 2.47 bits per heavy atom. The smallest absolute Gasteiger partial charge is 0.232 e. The molecule has 0 saturated carbocycles. The predicted molar refractivity (Wildman–Crippen MR) is 67.4 cm³/mol. The predicted octanol–water partition coefficient (Wildman–Crippen LogP) is 0.389. The summed E-state index contributed by atoms with van der Waals surface area (Å²) in [5.74, 6) is -1.41. The number of nitrogens with two attached hydrogens (primary N) is 1. The minimum atomic E-state index is -3.35. The summed E-state index contributed by atoms with van der Waals surface area (Å²) in [5, 5.41) is 3.09. The van der Waals surface area contributed by atoms with Crippen molar-refractivity contribution in [3.8, 4) is 0 Å². The summed E-state index contributed by atoms with van der Waals surface area (Å²) in [4.78, 5) is 10.5. The van der Waals surface area contributed by atoms with E-state index < -0.39 is 21.5 Å². The highest BCUT2D eigenvalue weighted by Crippen LogP contribution is 2.04. The van der Waals surface area contributed by atoms with Gasteiger partial charge >= 0.3 is 0 Å². The number of anilines is 1. The van der Waals surface area contributed by atoms with Crippen LogP contribution in [0.5, 0.6) is 0 Å². The molecular weight excluding hydrogens is 240 g/mol. The van der Waals surface area contributed by atoms with Gasteiger partial charge in [-0.2, -0.15) is 0 Å². The number of para-hydroxylation sites is 1. The summed E-state index contributed by atoms with van der Waals surface area (Å²) in [6.07, 6.45) is 0.449. The van der Waals surface area contributed by atoms with Crippen LogP contribution in [0.1, 0.15) is 6.42 Å². The molecule has 1 rings (SSSR count). The maximum Gasteiger partial charge on any atom is 0.232 e. The molecule has 0 aliphatic rings. The zero-order valence-electron chi connectivity index (χ0n) is 9.43. The number of carbonyl (C=O) groups excluding carboxylic acids is 1. The lowest BCUT2D eigenvalue weighted by Crippen LogP contribution is -2.25. The number of benzene rings is 1. The number of hydrogen-bond acceptors (Lipinski definition) is 4. The molecule has 0 atom stereocenters. The summed E-state index contributed by atoms with van der Waals surface area (Å²) in [7, 11) is -3.35. The maximum absolute atomic E-state index is 11.3. The van der Waals surface area contributed by atoms with Crippen molar-refractivity contribution in [1.29, 1.82) is 0 Å². The van der Waals surface area contributed by atoms with Gasteiger partial charge in [-0.25, -0.2) is 8.42 Å². The average Bonchev–Trinajstić information content (AvgIpc) is 2.24. The highest BCUT2D eigenvalue weighted by Gasteiger charge is 2.13. The van der Waals surface area contributed by atoms with E-state index in [9.17, 15) is 13.2 Å². The molecule has 3 N–H and O–H groups in total. The van der Waals surface area contributed by atoms with Crippen molar-refractivity contribution in [3.05, 3.63) is 30.3 Å². The van der Waals surface area contributed by atoms with Gasteiger partial charge in [0.2, 0.25) is 5.91 Å². The summed E-state index contributed by atoms with van der Waals surface area (Å²) >= 11 is 0. The molecule has 0 unspecified atom stereocenters. The fraction of sp³-hybridized carbons (Fsp3) is 0.364. The fourth-order valence-electron chi connectivity index (χ4n) is 1.37. The lowest BCUT2D eigenvalue weighted by atomic mass is 10.3. The van der Waals surface area contributed by atoms with Crippen molar-refractivity contribution in [1.82, 2.24) is 0 Å². The first-order valence-electron chi connectivity index (χ1n) is 5.27. The fourth-order valence-corrected chi connectivity index (χ4v) is 2.53. The van der Waals surface area contributed by atoms with Gasteiger partial charge < -0.3 is 11.1 Å². The van der Waals surface area contributed by atoms with Crippen LogP contribution in [-0.2, 0) is 14.6 Å².